The zero-order valence-electron chi connectivity index (χ0n) is 10.2. The number of carbonyl (C=O) groups excluding carboxylic acids is 1. The van der Waals surface area contributed by atoms with E-state index in [4.69, 9.17) is 0 Å². The average molecular weight is 309 g/mol. The molecule has 1 aromatic heterocycles. The Bertz CT molecular complexity index is 578. The third kappa shape index (κ3) is 2.79. The average Bonchev–Trinajstić information content (AvgIpc) is 2.76. The van der Waals surface area contributed by atoms with Crippen molar-refractivity contribution in [1.82, 2.24) is 9.78 Å². The lowest BCUT2D eigenvalue weighted by molar-refractivity contribution is 0.0600. The molecular weight excluding hydrogens is 296 g/mol. The van der Waals surface area contributed by atoms with Crippen LogP contribution in [0.15, 0.2) is 34.9 Å². The van der Waals surface area contributed by atoms with Crippen LogP contribution >= 0.6 is 15.9 Å². The Balaban J connectivity index is 2.22. The van der Waals surface area contributed by atoms with Crippen molar-refractivity contribution in [2.45, 2.75) is 13.5 Å². The molecule has 0 unspecified atom stereocenters. The number of halogens is 1. The van der Waals surface area contributed by atoms with Gasteiger partial charge >= 0.3 is 5.97 Å². The van der Waals surface area contributed by atoms with Gasteiger partial charge in [-0.2, -0.15) is 5.10 Å². The van der Waals surface area contributed by atoms with Gasteiger partial charge in [0.2, 0.25) is 0 Å². The summed E-state index contributed by atoms with van der Waals surface area (Å²) in [6, 6.07) is 7.36. The second kappa shape index (κ2) is 5.35. The van der Waals surface area contributed by atoms with Gasteiger partial charge in [0.25, 0.3) is 0 Å². The van der Waals surface area contributed by atoms with E-state index in [9.17, 15) is 4.79 Å². The number of hydrogen-bond acceptors (Lipinski definition) is 3. The van der Waals surface area contributed by atoms with Crippen molar-refractivity contribution in [2.24, 2.45) is 0 Å². The Labute approximate surface area is 114 Å². The lowest BCUT2D eigenvalue weighted by Crippen LogP contribution is -2.04. The third-order valence-corrected chi connectivity index (χ3v) is 3.32. The SMILES string of the molecule is COC(=O)c1ccc(Cn2ccc(C)n2)c(Br)c1. The number of nitrogens with zero attached hydrogens (tertiary/aromatic N) is 2. The topological polar surface area (TPSA) is 44.1 Å². The van der Waals surface area contributed by atoms with Crippen LogP contribution < -0.4 is 0 Å². The number of benzene rings is 1. The second-order valence-corrected chi connectivity index (χ2v) is 4.81. The van der Waals surface area contributed by atoms with Crippen molar-refractivity contribution in [3.8, 4) is 0 Å². The van der Waals surface area contributed by atoms with Crippen LogP contribution in [0.4, 0.5) is 0 Å². The molecule has 0 saturated carbocycles. The van der Waals surface area contributed by atoms with Crippen LogP contribution in [0.2, 0.25) is 0 Å². The summed E-state index contributed by atoms with van der Waals surface area (Å²) >= 11 is 3.46. The van der Waals surface area contributed by atoms with Gasteiger partial charge in [-0.25, -0.2) is 4.79 Å². The molecule has 18 heavy (non-hydrogen) atoms. The molecule has 0 atom stereocenters. The van der Waals surface area contributed by atoms with Crippen molar-refractivity contribution in [1.29, 1.82) is 0 Å². The smallest absolute Gasteiger partial charge is 0.337 e. The van der Waals surface area contributed by atoms with Crippen LogP contribution in [0.25, 0.3) is 0 Å². The minimum Gasteiger partial charge on any atom is -0.465 e. The van der Waals surface area contributed by atoms with Gasteiger partial charge in [-0.15, -0.1) is 0 Å². The summed E-state index contributed by atoms with van der Waals surface area (Å²) in [6.07, 6.45) is 1.93. The van der Waals surface area contributed by atoms with E-state index in [-0.39, 0.29) is 5.97 Å². The number of aryl methyl sites for hydroxylation is 1. The molecule has 0 N–H and O–H groups in total. The minimum absolute atomic E-state index is 0.336. The highest BCUT2D eigenvalue weighted by Gasteiger charge is 2.08. The molecule has 0 aliphatic rings. The maximum Gasteiger partial charge on any atom is 0.337 e. The Morgan fingerprint density at radius 2 is 2.22 bits per heavy atom. The number of aromatic nitrogens is 2. The van der Waals surface area contributed by atoms with Crippen LogP contribution in [-0.2, 0) is 11.3 Å². The van der Waals surface area contributed by atoms with Crippen LogP contribution in [0.1, 0.15) is 21.6 Å². The Morgan fingerprint density at radius 3 is 2.78 bits per heavy atom. The number of ether oxygens (including phenoxy) is 1. The first-order valence-corrected chi connectivity index (χ1v) is 6.26. The molecule has 1 heterocycles. The van der Waals surface area contributed by atoms with Gasteiger partial charge in [0.05, 0.1) is 24.9 Å². The fourth-order valence-electron chi connectivity index (χ4n) is 1.65. The Hall–Kier alpha value is -1.62. The largest absolute Gasteiger partial charge is 0.465 e. The molecule has 0 aliphatic heterocycles. The van der Waals surface area contributed by atoms with Crippen LogP contribution in [0.3, 0.4) is 0 Å². The Morgan fingerprint density at radius 1 is 1.44 bits per heavy atom. The lowest BCUT2D eigenvalue weighted by atomic mass is 10.1. The molecule has 0 aliphatic carbocycles. The van der Waals surface area contributed by atoms with E-state index in [0.717, 1.165) is 15.7 Å². The summed E-state index contributed by atoms with van der Waals surface area (Å²) < 4.78 is 7.40. The summed E-state index contributed by atoms with van der Waals surface area (Å²) in [5.74, 6) is -0.336. The fraction of sp³-hybridized carbons (Fsp3) is 0.231. The quantitative estimate of drug-likeness (QED) is 0.819. The van der Waals surface area contributed by atoms with Gasteiger partial charge in [-0.3, -0.25) is 4.68 Å². The van der Waals surface area contributed by atoms with Crippen LogP contribution in [0, 0.1) is 6.92 Å². The molecule has 0 bridgehead atoms. The third-order valence-electron chi connectivity index (χ3n) is 2.58. The fourth-order valence-corrected chi connectivity index (χ4v) is 2.15. The summed E-state index contributed by atoms with van der Waals surface area (Å²) in [5.41, 5.74) is 2.58. The first kappa shape index (κ1) is 12.8. The maximum absolute atomic E-state index is 11.4. The Kier molecular flexibility index (Phi) is 3.81. The summed E-state index contributed by atoms with van der Waals surface area (Å²) in [5, 5.41) is 4.32. The molecule has 1 aromatic carbocycles. The molecule has 0 radical (unpaired) electrons. The maximum atomic E-state index is 11.4. The number of carbonyl (C=O) groups is 1. The molecule has 0 saturated heterocycles. The summed E-state index contributed by atoms with van der Waals surface area (Å²) in [7, 11) is 1.37. The highest BCUT2D eigenvalue weighted by atomic mass is 79.9. The van der Waals surface area contributed by atoms with Crippen molar-refractivity contribution < 1.29 is 9.53 Å². The van der Waals surface area contributed by atoms with Gasteiger partial charge in [0, 0.05) is 10.7 Å². The monoisotopic (exact) mass is 308 g/mol. The molecule has 94 valence electrons. The minimum atomic E-state index is -0.336. The molecule has 0 fully saturated rings. The van der Waals surface area contributed by atoms with Gasteiger partial charge < -0.3 is 4.74 Å². The first-order valence-electron chi connectivity index (χ1n) is 5.47. The normalized spacial score (nSPS) is 10.4. The zero-order valence-corrected chi connectivity index (χ0v) is 11.8. The highest BCUT2D eigenvalue weighted by molar-refractivity contribution is 9.10. The van der Waals surface area contributed by atoms with Crippen molar-refractivity contribution in [3.05, 3.63) is 51.8 Å². The highest BCUT2D eigenvalue weighted by Crippen LogP contribution is 2.20. The predicted octanol–water partition coefficient (Wildman–Crippen LogP) is 2.79. The molecule has 0 spiro atoms. The molecule has 2 aromatic rings. The number of esters is 1. The molecule has 2 rings (SSSR count). The van der Waals surface area contributed by atoms with E-state index in [1.807, 2.05) is 29.9 Å². The number of rotatable bonds is 3. The summed E-state index contributed by atoms with van der Waals surface area (Å²) in [6.45, 7) is 2.61. The van der Waals surface area contributed by atoms with Crippen molar-refractivity contribution in [2.75, 3.05) is 7.11 Å². The molecule has 0 amide bonds. The van der Waals surface area contributed by atoms with Crippen molar-refractivity contribution >= 4 is 21.9 Å². The van der Waals surface area contributed by atoms with E-state index < -0.39 is 0 Å². The van der Waals surface area contributed by atoms with Crippen molar-refractivity contribution in [3.63, 3.8) is 0 Å². The van der Waals surface area contributed by atoms with Crippen LogP contribution in [-0.4, -0.2) is 22.9 Å². The molecule has 4 nitrogen and oxygen atoms in total. The molecule has 5 heteroatoms. The van der Waals surface area contributed by atoms with Gasteiger partial charge in [-0.1, -0.05) is 22.0 Å². The van der Waals surface area contributed by atoms with Gasteiger partial charge in [-0.05, 0) is 30.7 Å². The second-order valence-electron chi connectivity index (χ2n) is 3.95. The van der Waals surface area contributed by atoms with Gasteiger partial charge in [0.15, 0.2) is 0 Å². The van der Waals surface area contributed by atoms with E-state index in [0.29, 0.717) is 12.1 Å². The number of methoxy groups -OCH3 is 1. The predicted molar refractivity (Wildman–Crippen MR) is 71.5 cm³/mol. The summed E-state index contributed by atoms with van der Waals surface area (Å²) in [4.78, 5) is 11.4. The van der Waals surface area contributed by atoms with E-state index in [1.54, 1.807) is 12.1 Å². The lowest BCUT2D eigenvalue weighted by Gasteiger charge is -2.07. The van der Waals surface area contributed by atoms with Gasteiger partial charge in [0.1, 0.15) is 0 Å². The van der Waals surface area contributed by atoms with E-state index in [2.05, 4.69) is 25.8 Å². The van der Waals surface area contributed by atoms with E-state index >= 15 is 0 Å². The van der Waals surface area contributed by atoms with E-state index in [1.165, 1.54) is 7.11 Å². The van der Waals surface area contributed by atoms with Crippen LogP contribution in [0.5, 0.6) is 0 Å². The first-order chi connectivity index (χ1) is 8.60. The number of hydrogen-bond donors (Lipinski definition) is 0. The zero-order chi connectivity index (χ0) is 13.1. The molecular formula is C13H13BrN2O2. The standard InChI is InChI=1S/C13H13BrN2O2/c1-9-5-6-16(15-9)8-11-4-3-10(7-12(11)14)13(17)18-2/h3-7H,8H2,1-2H3.